The first-order chi connectivity index (χ1) is 35.6. The summed E-state index contributed by atoms with van der Waals surface area (Å²) in [6.45, 7) is 7.78. The molecule has 0 aromatic heterocycles. The predicted molar refractivity (Wildman–Crippen MR) is 316 cm³/mol. The van der Waals surface area contributed by atoms with E-state index in [0.717, 1.165) is 64.2 Å². The van der Waals surface area contributed by atoms with E-state index in [2.05, 4.69) is 93.7 Å². The van der Waals surface area contributed by atoms with E-state index in [1.807, 2.05) is 0 Å². The molecule has 418 valence electrons. The summed E-state index contributed by atoms with van der Waals surface area (Å²) in [5.74, 6) is -0.401. The molecule has 0 aromatic carbocycles. The van der Waals surface area contributed by atoms with E-state index < -0.39 is 6.10 Å². The standard InChI is InChI=1S/C67H120O5/c1-4-7-10-13-16-19-22-25-28-31-33-35-38-41-44-47-50-53-56-59-62-70-63-65(72-67(69)61-58-55-52-49-46-43-40-36-30-27-24-21-18-15-12-9-6-3)64-71-66(68)60-57-54-51-48-45-42-39-37-34-32-29-26-23-20-17-14-11-8-5-2/h16-17,19-20,25-30,33,35,65H,4-15,18,21-24,31-32,34,36-64H2,1-3H3/b19-16-,20-17-,28-25-,29-26-,30-27-,35-33-. The molecule has 1 atom stereocenters. The second-order valence-electron chi connectivity index (χ2n) is 21.0. The summed E-state index contributed by atoms with van der Waals surface area (Å²) in [5, 5.41) is 0. The van der Waals surface area contributed by atoms with Crippen LogP contribution in [0, 0.1) is 0 Å². The molecule has 1 unspecified atom stereocenters. The van der Waals surface area contributed by atoms with Gasteiger partial charge in [0.15, 0.2) is 6.10 Å². The molecule has 0 aliphatic carbocycles. The van der Waals surface area contributed by atoms with E-state index in [1.165, 1.54) is 218 Å². The number of carbonyl (C=O) groups is 2. The van der Waals surface area contributed by atoms with Crippen molar-refractivity contribution in [3.05, 3.63) is 72.9 Å². The van der Waals surface area contributed by atoms with Crippen molar-refractivity contribution >= 4 is 11.9 Å². The van der Waals surface area contributed by atoms with Gasteiger partial charge in [0.25, 0.3) is 0 Å². The largest absolute Gasteiger partial charge is 0.462 e. The van der Waals surface area contributed by atoms with Crippen LogP contribution in [-0.2, 0) is 23.8 Å². The van der Waals surface area contributed by atoms with Gasteiger partial charge in [0.2, 0.25) is 0 Å². The van der Waals surface area contributed by atoms with Gasteiger partial charge >= 0.3 is 11.9 Å². The third-order valence-corrected chi connectivity index (χ3v) is 13.7. The Morgan fingerprint density at radius 3 is 0.972 bits per heavy atom. The zero-order valence-corrected chi connectivity index (χ0v) is 48.2. The Labute approximate surface area is 448 Å². The molecule has 0 radical (unpaired) electrons. The van der Waals surface area contributed by atoms with Gasteiger partial charge in [0.1, 0.15) is 6.61 Å². The van der Waals surface area contributed by atoms with Crippen molar-refractivity contribution in [1.29, 1.82) is 0 Å². The molecular weight excluding hydrogens is 885 g/mol. The van der Waals surface area contributed by atoms with Crippen LogP contribution in [0.25, 0.3) is 0 Å². The molecule has 0 rings (SSSR count). The topological polar surface area (TPSA) is 61.8 Å². The second kappa shape index (κ2) is 62.6. The van der Waals surface area contributed by atoms with E-state index in [0.29, 0.717) is 19.4 Å². The number of carbonyl (C=O) groups excluding carboxylic acids is 2. The van der Waals surface area contributed by atoms with Crippen LogP contribution in [0.2, 0.25) is 0 Å². The Bertz CT molecular complexity index is 1270. The second-order valence-corrected chi connectivity index (χ2v) is 21.0. The Morgan fingerprint density at radius 1 is 0.306 bits per heavy atom. The maximum absolute atomic E-state index is 12.9. The Morgan fingerprint density at radius 2 is 0.583 bits per heavy atom. The number of unbranched alkanes of at least 4 members (excludes halogenated alkanes) is 35. The first-order valence-corrected chi connectivity index (χ1v) is 31.5. The van der Waals surface area contributed by atoms with Crippen molar-refractivity contribution in [3.8, 4) is 0 Å². The van der Waals surface area contributed by atoms with Gasteiger partial charge in [0, 0.05) is 19.4 Å². The highest BCUT2D eigenvalue weighted by molar-refractivity contribution is 5.70. The maximum Gasteiger partial charge on any atom is 0.306 e. The molecule has 5 heteroatoms. The fourth-order valence-corrected chi connectivity index (χ4v) is 8.96. The number of esters is 2. The summed E-state index contributed by atoms with van der Waals surface area (Å²) < 4.78 is 17.5. The van der Waals surface area contributed by atoms with Crippen LogP contribution in [0.3, 0.4) is 0 Å². The first kappa shape index (κ1) is 69.3. The van der Waals surface area contributed by atoms with Crippen LogP contribution in [0.5, 0.6) is 0 Å². The maximum atomic E-state index is 12.9. The number of hydrogen-bond acceptors (Lipinski definition) is 5. The van der Waals surface area contributed by atoms with Crippen molar-refractivity contribution in [2.45, 2.75) is 322 Å². The lowest BCUT2D eigenvalue weighted by atomic mass is 10.1. The van der Waals surface area contributed by atoms with Gasteiger partial charge in [-0.2, -0.15) is 0 Å². The number of hydrogen-bond donors (Lipinski definition) is 0. The molecule has 0 aliphatic rings. The first-order valence-electron chi connectivity index (χ1n) is 31.5. The highest BCUT2D eigenvalue weighted by Crippen LogP contribution is 2.15. The fourth-order valence-electron chi connectivity index (χ4n) is 8.96. The molecule has 5 nitrogen and oxygen atoms in total. The molecule has 0 saturated carbocycles. The lowest BCUT2D eigenvalue weighted by Gasteiger charge is -2.18. The summed E-state index contributed by atoms with van der Waals surface area (Å²) in [4.78, 5) is 25.6. The van der Waals surface area contributed by atoms with E-state index in [1.54, 1.807) is 0 Å². The predicted octanol–water partition coefficient (Wildman–Crippen LogP) is 21.8. The normalized spacial score (nSPS) is 12.7. The Balaban J connectivity index is 4.30. The van der Waals surface area contributed by atoms with Crippen LogP contribution in [0.4, 0.5) is 0 Å². The van der Waals surface area contributed by atoms with Crippen LogP contribution >= 0.6 is 0 Å². The highest BCUT2D eigenvalue weighted by atomic mass is 16.6. The Kier molecular flexibility index (Phi) is 60.3. The summed E-state index contributed by atoms with van der Waals surface area (Å²) in [6, 6.07) is 0. The molecule has 0 N–H and O–H groups in total. The van der Waals surface area contributed by atoms with Crippen molar-refractivity contribution in [1.82, 2.24) is 0 Å². The minimum Gasteiger partial charge on any atom is -0.462 e. The molecule has 0 aliphatic heterocycles. The molecule has 0 fully saturated rings. The van der Waals surface area contributed by atoms with Gasteiger partial charge in [-0.25, -0.2) is 0 Å². The van der Waals surface area contributed by atoms with Crippen molar-refractivity contribution < 1.29 is 23.8 Å². The molecule has 0 bridgehead atoms. The number of rotatable bonds is 58. The lowest BCUT2D eigenvalue weighted by molar-refractivity contribution is -0.163. The molecule has 0 spiro atoms. The number of ether oxygens (including phenoxy) is 3. The average Bonchev–Trinajstić information content (AvgIpc) is 3.38. The minimum absolute atomic E-state index is 0.0769. The zero-order chi connectivity index (χ0) is 52.0. The van der Waals surface area contributed by atoms with E-state index >= 15 is 0 Å². The van der Waals surface area contributed by atoms with Crippen LogP contribution in [0.15, 0.2) is 72.9 Å². The van der Waals surface area contributed by atoms with E-state index in [4.69, 9.17) is 14.2 Å². The molecule has 0 aromatic rings. The molecule has 0 heterocycles. The zero-order valence-electron chi connectivity index (χ0n) is 48.2. The summed E-state index contributed by atoms with van der Waals surface area (Å²) in [7, 11) is 0. The van der Waals surface area contributed by atoms with Crippen LogP contribution in [-0.4, -0.2) is 37.9 Å². The SMILES string of the molecule is CCCCC/C=C\C/C=C\C/C=C\CCCCCCCCCOCC(COC(=O)CCCCCCCCCCC/C=C\C/C=C\CCCCC)OC(=O)CCCCCCCCC/C=C\CCCCCCCC. The third kappa shape index (κ3) is 59.9. The van der Waals surface area contributed by atoms with E-state index in [9.17, 15) is 9.59 Å². The van der Waals surface area contributed by atoms with Gasteiger partial charge in [-0.15, -0.1) is 0 Å². The highest BCUT2D eigenvalue weighted by Gasteiger charge is 2.17. The van der Waals surface area contributed by atoms with Gasteiger partial charge in [-0.3, -0.25) is 9.59 Å². The third-order valence-electron chi connectivity index (χ3n) is 13.7. The average molecular weight is 1010 g/mol. The summed E-state index contributed by atoms with van der Waals surface area (Å²) in [5.41, 5.74) is 0. The monoisotopic (exact) mass is 1000 g/mol. The molecule has 72 heavy (non-hydrogen) atoms. The minimum atomic E-state index is -0.549. The van der Waals surface area contributed by atoms with Crippen LogP contribution < -0.4 is 0 Å². The van der Waals surface area contributed by atoms with Crippen LogP contribution in [0.1, 0.15) is 316 Å². The molecule has 0 saturated heterocycles. The van der Waals surface area contributed by atoms with Crippen molar-refractivity contribution in [2.75, 3.05) is 19.8 Å². The van der Waals surface area contributed by atoms with Gasteiger partial charge in [-0.05, 0) is 116 Å². The van der Waals surface area contributed by atoms with Crippen molar-refractivity contribution in [3.63, 3.8) is 0 Å². The Hall–Kier alpha value is -2.66. The smallest absolute Gasteiger partial charge is 0.306 e. The van der Waals surface area contributed by atoms with Gasteiger partial charge in [-0.1, -0.05) is 261 Å². The summed E-state index contributed by atoms with van der Waals surface area (Å²) >= 11 is 0. The molecule has 0 amide bonds. The lowest BCUT2D eigenvalue weighted by Crippen LogP contribution is -2.30. The fraction of sp³-hybridized carbons (Fsp3) is 0.791. The number of allylic oxidation sites excluding steroid dienone is 12. The summed E-state index contributed by atoms with van der Waals surface area (Å²) in [6.07, 6.45) is 82.1. The molecular formula is C67H120O5. The van der Waals surface area contributed by atoms with E-state index in [-0.39, 0.29) is 25.2 Å². The van der Waals surface area contributed by atoms with Gasteiger partial charge < -0.3 is 14.2 Å². The van der Waals surface area contributed by atoms with Gasteiger partial charge in [0.05, 0.1) is 6.61 Å². The van der Waals surface area contributed by atoms with Crippen molar-refractivity contribution in [2.24, 2.45) is 0 Å². The quantitative estimate of drug-likeness (QED) is 0.0345.